The van der Waals surface area contributed by atoms with Gasteiger partial charge < -0.3 is 16.4 Å². The summed E-state index contributed by atoms with van der Waals surface area (Å²) >= 11 is 3.50. The maximum absolute atomic E-state index is 5.70. The van der Waals surface area contributed by atoms with Gasteiger partial charge in [0.1, 0.15) is 11.6 Å². The van der Waals surface area contributed by atoms with E-state index in [9.17, 15) is 0 Å². The number of aromatic nitrogens is 2. The fourth-order valence-electron chi connectivity index (χ4n) is 1.68. The first-order valence-electron chi connectivity index (χ1n) is 6.00. The summed E-state index contributed by atoms with van der Waals surface area (Å²) in [5.41, 5.74) is 7.80. The van der Waals surface area contributed by atoms with Crippen molar-refractivity contribution >= 4 is 39.2 Å². The predicted octanol–water partition coefficient (Wildman–Crippen LogP) is 3.31. The molecule has 0 spiro atoms. The Balaban J connectivity index is 2.30. The molecule has 1 aromatic heterocycles. The molecule has 0 aliphatic carbocycles. The van der Waals surface area contributed by atoms with E-state index in [-0.39, 0.29) is 5.95 Å². The number of nitrogen functional groups attached to an aromatic ring is 1. The molecule has 0 saturated carbocycles. The van der Waals surface area contributed by atoms with Crippen LogP contribution in [0.15, 0.2) is 28.7 Å². The van der Waals surface area contributed by atoms with E-state index in [0.717, 1.165) is 22.3 Å². The lowest BCUT2D eigenvalue weighted by Gasteiger charge is -2.11. The molecule has 0 fully saturated rings. The summed E-state index contributed by atoms with van der Waals surface area (Å²) in [4.78, 5) is 8.29. The molecule has 19 heavy (non-hydrogen) atoms. The summed E-state index contributed by atoms with van der Waals surface area (Å²) < 4.78 is 1.05. The third-order valence-electron chi connectivity index (χ3n) is 2.63. The summed E-state index contributed by atoms with van der Waals surface area (Å²) in [6.07, 6.45) is 0. The van der Waals surface area contributed by atoms with Gasteiger partial charge in [-0.25, -0.2) is 0 Å². The van der Waals surface area contributed by atoms with Gasteiger partial charge in [-0.1, -0.05) is 22.0 Å². The molecule has 2 rings (SSSR count). The Bertz CT molecular complexity index is 585. The van der Waals surface area contributed by atoms with Gasteiger partial charge in [0, 0.05) is 22.8 Å². The molecule has 1 heterocycles. The van der Waals surface area contributed by atoms with Gasteiger partial charge in [0.2, 0.25) is 5.95 Å². The number of hydrogen-bond donors (Lipinski definition) is 3. The Labute approximate surface area is 120 Å². The monoisotopic (exact) mass is 321 g/mol. The highest BCUT2D eigenvalue weighted by Crippen LogP contribution is 2.26. The smallest absolute Gasteiger partial charge is 0.223 e. The summed E-state index contributed by atoms with van der Waals surface area (Å²) in [7, 11) is 0. The van der Waals surface area contributed by atoms with Crippen LogP contribution >= 0.6 is 15.9 Å². The molecule has 0 aliphatic heterocycles. The van der Waals surface area contributed by atoms with Gasteiger partial charge >= 0.3 is 0 Å². The Morgan fingerprint density at radius 1 is 1.26 bits per heavy atom. The zero-order chi connectivity index (χ0) is 13.8. The van der Waals surface area contributed by atoms with Crippen LogP contribution in [0.3, 0.4) is 0 Å². The van der Waals surface area contributed by atoms with E-state index < -0.39 is 0 Å². The maximum atomic E-state index is 5.70. The number of anilines is 4. The molecule has 0 aliphatic rings. The first-order valence-corrected chi connectivity index (χ1v) is 6.80. The van der Waals surface area contributed by atoms with Gasteiger partial charge in [-0.3, -0.25) is 0 Å². The average molecular weight is 322 g/mol. The quantitative estimate of drug-likeness (QED) is 0.805. The highest BCUT2D eigenvalue weighted by molar-refractivity contribution is 9.10. The first kappa shape index (κ1) is 13.6. The van der Waals surface area contributed by atoms with Crippen molar-refractivity contribution in [3.8, 4) is 0 Å². The Kier molecular flexibility index (Phi) is 4.21. The van der Waals surface area contributed by atoms with Gasteiger partial charge in [0.25, 0.3) is 0 Å². The molecule has 2 aromatic rings. The second kappa shape index (κ2) is 5.88. The molecule has 6 heteroatoms. The number of rotatable bonds is 4. The van der Waals surface area contributed by atoms with Gasteiger partial charge in [0.05, 0.1) is 0 Å². The number of nitrogens with one attached hydrogen (secondary N) is 2. The number of nitrogens with zero attached hydrogens (tertiary/aromatic N) is 2. The molecule has 0 radical (unpaired) electrons. The lowest BCUT2D eigenvalue weighted by molar-refractivity contribution is 1.12. The van der Waals surface area contributed by atoms with Crippen molar-refractivity contribution in [2.24, 2.45) is 0 Å². The van der Waals surface area contributed by atoms with Crippen LogP contribution in [0.5, 0.6) is 0 Å². The van der Waals surface area contributed by atoms with Crippen LogP contribution in [0.1, 0.15) is 12.5 Å². The third kappa shape index (κ3) is 3.35. The molecular weight excluding hydrogens is 306 g/mol. The maximum Gasteiger partial charge on any atom is 0.223 e. The summed E-state index contributed by atoms with van der Waals surface area (Å²) in [5.74, 6) is 1.63. The highest BCUT2D eigenvalue weighted by atomic mass is 79.9. The van der Waals surface area contributed by atoms with Crippen molar-refractivity contribution in [1.82, 2.24) is 9.97 Å². The normalized spacial score (nSPS) is 10.3. The molecule has 0 atom stereocenters. The van der Waals surface area contributed by atoms with E-state index in [2.05, 4.69) is 36.5 Å². The Morgan fingerprint density at radius 2 is 2.00 bits per heavy atom. The van der Waals surface area contributed by atoms with Gasteiger partial charge in [-0.15, -0.1) is 0 Å². The predicted molar refractivity (Wildman–Crippen MR) is 82.8 cm³/mol. The van der Waals surface area contributed by atoms with Crippen molar-refractivity contribution in [3.05, 3.63) is 34.3 Å². The SMILES string of the molecule is CCNc1cc(Nc2cccc(Br)c2C)nc(N)n1. The molecule has 4 N–H and O–H groups in total. The fraction of sp³-hybridized carbons (Fsp3) is 0.231. The number of nitrogens with two attached hydrogens (primary N) is 1. The number of hydrogen-bond acceptors (Lipinski definition) is 5. The second-order valence-electron chi connectivity index (χ2n) is 4.06. The van der Waals surface area contributed by atoms with Crippen LogP contribution < -0.4 is 16.4 Å². The van der Waals surface area contributed by atoms with Crippen molar-refractivity contribution in [3.63, 3.8) is 0 Å². The van der Waals surface area contributed by atoms with E-state index in [1.165, 1.54) is 0 Å². The van der Waals surface area contributed by atoms with Crippen molar-refractivity contribution in [1.29, 1.82) is 0 Å². The van der Waals surface area contributed by atoms with E-state index in [1.807, 2.05) is 38.1 Å². The van der Waals surface area contributed by atoms with Crippen LogP contribution in [0.25, 0.3) is 0 Å². The molecule has 5 nitrogen and oxygen atoms in total. The van der Waals surface area contributed by atoms with Gasteiger partial charge in [0.15, 0.2) is 0 Å². The largest absolute Gasteiger partial charge is 0.370 e. The van der Waals surface area contributed by atoms with Crippen LogP contribution in [0, 0.1) is 6.92 Å². The van der Waals surface area contributed by atoms with Gasteiger partial charge in [-0.2, -0.15) is 9.97 Å². The zero-order valence-corrected chi connectivity index (χ0v) is 12.5. The minimum atomic E-state index is 0.244. The molecule has 0 unspecified atom stereocenters. The minimum absolute atomic E-state index is 0.244. The molecule has 0 saturated heterocycles. The van der Waals surface area contributed by atoms with E-state index >= 15 is 0 Å². The van der Waals surface area contributed by atoms with E-state index in [0.29, 0.717) is 11.6 Å². The molecule has 1 aromatic carbocycles. The second-order valence-corrected chi connectivity index (χ2v) is 4.92. The summed E-state index contributed by atoms with van der Waals surface area (Å²) in [6.45, 7) is 4.82. The van der Waals surface area contributed by atoms with Crippen LogP contribution in [-0.4, -0.2) is 16.5 Å². The van der Waals surface area contributed by atoms with Crippen LogP contribution in [0.4, 0.5) is 23.3 Å². The van der Waals surface area contributed by atoms with E-state index in [4.69, 9.17) is 5.73 Å². The summed E-state index contributed by atoms with van der Waals surface area (Å²) in [6, 6.07) is 7.79. The molecule has 0 bridgehead atoms. The molecular formula is C13H16BrN5. The average Bonchev–Trinajstić information content (AvgIpc) is 2.35. The number of benzene rings is 1. The van der Waals surface area contributed by atoms with Crippen molar-refractivity contribution in [2.75, 3.05) is 22.9 Å². The lowest BCUT2D eigenvalue weighted by Crippen LogP contribution is -2.06. The molecule has 100 valence electrons. The van der Waals surface area contributed by atoms with Crippen LogP contribution in [0.2, 0.25) is 0 Å². The van der Waals surface area contributed by atoms with E-state index in [1.54, 1.807) is 0 Å². The Morgan fingerprint density at radius 3 is 2.74 bits per heavy atom. The molecule has 0 amide bonds. The van der Waals surface area contributed by atoms with Crippen molar-refractivity contribution < 1.29 is 0 Å². The standard InChI is InChI=1S/C13H16BrN5/c1-3-16-11-7-12(19-13(15)18-11)17-10-6-4-5-9(14)8(10)2/h4-7H,3H2,1-2H3,(H4,15,16,17,18,19). The van der Waals surface area contributed by atoms with Crippen molar-refractivity contribution in [2.45, 2.75) is 13.8 Å². The van der Waals surface area contributed by atoms with Gasteiger partial charge in [-0.05, 0) is 31.5 Å². The topological polar surface area (TPSA) is 75.9 Å². The number of halogens is 1. The first-order chi connectivity index (χ1) is 9.10. The van der Waals surface area contributed by atoms with Crippen LogP contribution in [-0.2, 0) is 0 Å². The minimum Gasteiger partial charge on any atom is -0.370 e. The lowest BCUT2D eigenvalue weighted by atomic mass is 10.2. The summed E-state index contributed by atoms with van der Waals surface area (Å²) in [5, 5.41) is 6.37. The fourth-order valence-corrected chi connectivity index (χ4v) is 2.05. The highest BCUT2D eigenvalue weighted by Gasteiger charge is 2.05. The zero-order valence-electron chi connectivity index (χ0n) is 10.9. The third-order valence-corrected chi connectivity index (χ3v) is 3.49. The Hall–Kier alpha value is -1.82.